The molecule has 0 aliphatic heterocycles. The summed E-state index contributed by atoms with van der Waals surface area (Å²) in [6, 6.07) is 9.59. The number of nitrogens with one attached hydrogen (secondary N) is 1. The van der Waals surface area contributed by atoms with E-state index in [2.05, 4.69) is 4.98 Å². The van der Waals surface area contributed by atoms with Crippen LogP contribution in [-0.2, 0) is 10.0 Å². The standard InChI is InChI=1S/C6H8N2O2S.C4H5N/c7-5-1-3-6(4-2-5)11(8,9)10;1-2-4-5-3-1/h1-4H,7H2,(H2,8,9,10);1-5H. The lowest BCUT2D eigenvalue weighted by molar-refractivity contribution is 0.598. The van der Waals surface area contributed by atoms with Gasteiger partial charge in [-0.15, -0.1) is 0 Å². The molecule has 16 heavy (non-hydrogen) atoms. The third-order valence-electron chi connectivity index (χ3n) is 1.70. The molecule has 0 radical (unpaired) electrons. The van der Waals surface area contributed by atoms with Crippen LogP contribution in [0.5, 0.6) is 0 Å². The highest BCUT2D eigenvalue weighted by molar-refractivity contribution is 7.89. The molecule has 0 spiro atoms. The second-order valence-corrected chi connectivity index (χ2v) is 4.56. The summed E-state index contributed by atoms with van der Waals surface area (Å²) in [5.74, 6) is 0. The van der Waals surface area contributed by atoms with E-state index in [0.717, 1.165) is 0 Å². The van der Waals surface area contributed by atoms with Crippen molar-refractivity contribution in [2.45, 2.75) is 4.90 Å². The third-order valence-corrected chi connectivity index (χ3v) is 2.63. The van der Waals surface area contributed by atoms with Gasteiger partial charge in [0.05, 0.1) is 4.90 Å². The van der Waals surface area contributed by atoms with Crippen LogP contribution in [0.4, 0.5) is 5.69 Å². The molecule has 2 aromatic rings. The van der Waals surface area contributed by atoms with Crippen molar-refractivity contribution in [3.05, 3.63) is 48.8 Å². The van der Waals surface area contributed by atoms with Gasteiger partial charge in [-0.1, -0.05) is 0 Å². The zero-order valence-corrected chi connectivity index (χ0v) is 9.31. The van der Waals surface area contributed by atoms with E-state index < -0.39 is 10.0 Å². The molecule has 0 fully saturated rings. The second-order valence-electron chi connectivity index (χ2n) is 3.00. The summed E-state index contributed by atoms with van der Waals surface area (Å²) in [4.78, 5) is 2.94. The molecule has 5 nitrogen and oxygen atoms in total. The highest BCUT2D eigenvalue weighted by atomic mass is 32.2. The molecule has 2 rings (SSSR count). The molecule has 86 valence electrons. The van der Waals surface area contributed by atoms with Crippen LogP contribution < -0.4 is 10.9 Å². The molecule has 0 aliphatic carbocycles. The number of anilines is 1. The average Bonchev–Trinajstić information content (AvgIpc) is 2.74. The summed E-state index contributed by atoms with van der Waals surface area (Å²) >= 11 is 0. The van der Waals surface area contributed by atoms with Gasteiger partial charge in [-0.2, -0.15) is 0 Å². The maximum Gasteiger partial charge on any atom is 0.238 e. The zero-order chi connectivity index (χ0) is 12.0. The van der Waals surface area contributed by atoms with Crippen LogP contribution in [0.1, 0.15) is 0 Å². The maximum absolute atomic E-state index is 10.7. The average molecular weight is 239 g/mol. The van der Waals surface area contributed by atoms with E-state index >= 15 is 0 Å². The van der Waals surface area contributed by atoms with Gasteiger partial charge in [0.25, 0.3) is 0 Å². The Balaban J connectivity index is 0.000000212. The Hall–Kier alpha value is -1.79. The number of nitrogen functional groups attached to an aromatic ring is 1. The van der Waals surface area contributed by atoms with Gasteiger partial charge in [-0.05, 0) is 36.4 Å². The maximum atomic E-state index is 10.7. The molecule has 1 aromatic heterocycles. The Morgan fingerprint density at radius 1 is 1.00 bits per heavy atom. The fraction of sp³-hybridized carbons (Fsp3) is 0. The zero-order valence-electron chi connectivity index (χ0n) is 8.50. The van der Waals surface area contributed by atoms with Crippen molar-refractivity contribution in [2.24, 2.45) is 5.14 Å². The van der Waals surface area contributed by atoms with Gasteiger partial charge in [0, 0.05) is 18.1 Å². The number of hydrogen-bond acceptors (Lipinski definition) is 3. The monoisotopic (exact) mass is 239 g/mol. The molecule has 5 N–H and O–H groups in total. The smallest absolute Gasteiger partial charge is 0.238 e. The van der Waals surface area contributed by atoms with Crippen molar-refractivity contribution < 1.29 is 8.42 Å². The summed E-state index contributed by atoms with van der Waals surface area (Å²) in [5.41, 5.74) is 5.85. The van der Waals surface area contributed by atoms with E-state index in [1.165, 1.54) is 24.3 Å². The van der Waals surface area contributed by atoms with Crippen LogP contribution in [0.3, 0.4) is 0 Å². The largest absolute Gasteiger partial charge is 0.399 e. The first kappa shape index (κ1) is 12.3. The lowest BCUT2D eigenvalue weighted by Crippen LogP contribution is -2.11. The molecule has 0 aliphatic rings. The Kier molecular flexibility index (Phi) is 4.10. The van der Waals surface area contributed by atoms with E-state index in [0.29, 0.717) is 5.69 Å². The first-order valence-electron chi connectivity index (χ1n) is 4.46. The number of aromatic nitrogens is 1. The molecule has 1 aromatic carbocycles. The van der Waals surface area contributed by atoms with E-state index in [1.807, 2.05) is 24.5 Å². The van der Waals surface area contributed by atoms with Gasteiger partial charge < -0.3 is 10.7 Å². The molecule has 0 unspecified atom stereocenters. The van der Waals surface area contributed by atoms with E-state index in [1.54, 1.807) is 0 Å². The summed E-state index contributed by atoms with van der Waals surface area (Å²) in [5, 5.41) is 4.84. The number of benzene rings is 1. The summed E-state index contributed by atoms with van der Waals surface area (Å²) in [7, 11) is -3.58. The number of nitrogens with two attached hydrogens (primary N) is 2. The van der Waals surface area contributed by atoms with Crippen LogP contribution in [0.2, 0.25) is 0 Å². The van der Waals surface area contributed by atoms with Crippen molar-refractivity contribution in [3.8, 4) is 0 Å². The van der Waals surface area contributed by atoms with Gasteiger partial charge in [0.15, 0.2) is 0 Å². The first-order chi connectivity index (χ1) is 7.50. The predicted molar refractivity (Wildman–Crippen MR) is 63.0 cm³/mol. The van der Waals surface area contributed by atoms with Crippen LogP contribution in [0.25, 0.3) is 0 Å². The highest BCUT2D eigenvalue weighted by Gasteiger charge is 2.04. The SMILES string of the molecule is Nc1ccc(S(N)(=O)=O)cc1.c1cc[nH]c1. The Bertz CT molecular complexity index is 486. The molecule has 6 heteroatoms. The van der Waals surface area contributed by atoms with Gasteiger partial charge in [-0.25, -0.2) is 13.6 Å². The van der Waals surface area contributed by atoms with Crippen molar-refractivity contribution >= 4 is 15.7 Å². The fourth-order valence-electron chi connectivity index (χ4n) is 0.935. The van der Waals surface area contributed by atoms with Crippen molar-refractivity contribution in [1.82, 2.24) is 4.98 Å². The van der Waals surface area contributed by atoms with Crippen molar-refractivity contribution in [2.75, 3.05) is 5.73 Å². The minimum Gasteiger partial charge on any atom is -0.399 e. The van der Waals surface area contributed by atoms with E-state index in [9.17, 15) is 8.42 Å². The van der Waals surface area contributed by atoms with E-state index in [4.69, 9.17) is 10.9 Å². The Morgan fingerprint density at radius 2 is 1.50 bits per heavy atom. The van der Waals surface area contributed by atoms with Gasteiger partial charge in [0.2, 0.25) is 10.0 Å². The number of primary sulfonamides is 1. The van der Waals surface area contributed by atoms with Crippen LogP contribution in [0.15, 0.2) is 53.7 Å². The number of aromatic amines is 1. The van der Waals surface area contributed by atoms with E-state index in [-0.39, 0.29) is 4.90 Å². The number of rotatable bonds is 1. The van der Waals surface area contributed by atoms with Crippen LogP contribution in [0, 0.1) is 0 Å². The lowest BCUT2D eigenvalue weighted by atomic mass is 10.3. The molecule has 0 saturated carbocycles. The first-order valence-corrected chi connectivity index (χ1v) is 6.01. The third kappa shape index (κ3) is 4.16. The molecule has 0 bridgehead atoms. The summed E-state index contributed by atoms with van der Waals surface area (Å²) in [6.45, 7) is 0. The van der Waals surface area contributed by atoms with Gasteiger partial charge in [-0.3, -0.25) is 0 Å². The minimum absolute atomic E-state index is 0.0756. The number of sulfonamides is 1. The fourth-order valence-corrected chi connectivity index (χ4v) is 1.45. The molecule has 0 saturated heterocycles. The normalized spacial score (nSPS) is 10.3. The molecular weight excluding hydrogens is 226 g/mol. The van der Waals surface area contributed by atoms with Gasteiger partial charge >= 0.3 is 0 Å². The van der Waals surface area contributed by atoms with Crippen LogP contribution >= 0.6 is 0 Å². The summed E-state index contributed by atoms with van der Waals surface area (Å²) in [6.07, 6.45) is 3.75. The quantitative estimate of drug-likeness (QED) is 0.645. The summed E-state index contributed by atoms with van der Waals surface area (Å²) < 4.78 is 21.4. The highest BCUT2D eigenvalue weighted by Crippen LogP contribution is 2.08. The van der Waals surface area contributed by atoms with Crippen LogP contribution in [-0.4, -0.2) is 13.4 Å². The Labute approximate surface area is 94.1 Å². The second kappa shape index (κ2) is 5.34. The Morgan fingerprint density at radius 3 is 1.81 bits per heavy atom. The molecular formula is C10H13N3O2S. The van der Waals surface area contributed by atoms with Crippen molar-refractivity contribution in [1.29, 1.82) is 0 Å². The molecule has 0 amide bonds. The lowest BCUT2D eigenvalue weighted by Gasteiger charge is -1.96. The number of hydrogen-bond donors (Lipinski definition) is 3. The number of H-pyrrole nitrogens is 1. The topological polar surface area (TPSA) is 102 Å². The minimum atomic E-state index is -3.58. The molecule has 1 heterocycles. The van der Waals surface area contributed by atoms with Gasteiger partial charge in [0.1, 0.15) is 0 Å². The predicted octanol–water partition coefficient (Wildman–Crippen LogP) is 0.931. The van der Waals surface area contributed by atoms with Crippen molar-refractivity contribution in [3.63, 3.8) is 0 Å². The molecule has 0 atom stereocenters.